The molecule has 108 valence electrons. The van der Waals surface area contributed by atoms with Gasteiger partial charge in [0.05, 0.1) is 5.92 Å². The molecular weight excluding hydrogens is 276 g/mol. The van der Waals surface area contributed by atoms with Gasteiger partial charge < -0.3 is 14.7 Å². The summed E-state index contributed by atoms with van der Waals surface area (Å²) in [5.74, 6) is 0.0465. The molecule has 1 aromatic rings. The highest BCUT2D eigenvalue weighted by Gasteiger charge is 2.35. The molecule has 6 nitrogen and oxygen atoms in total. The number of carbonyl (C=O) groups is 2. The van der Waals surface area contributed by atoms with Gasteiger partial charge in [0.25, 0.3) is 0 Å². The molecule has 3 rings (SSSR count). The second kappa shape index (κ2) is 5.40. The number of hydrogen-bond acceptors (Lipinski definition) is 5. The first kappa shape index (κ1) is 13.4. The minimum absolute atomic E-state index is 0.0739. The maximum atomic E-state index is 12.4. The van der Waals surface area contributed by atoms with Crippen molar-refractivity contribution in [2.75, 3.05) is 44.7 Å². The standard InChI is InChI=1S/C13H18N4O2S/c1-15-9-10(8-11(15)18)12(19)16-3-5-17(6-4-16)13-14-2-7-20-13/h2,7,10H,3-6,8-9H2,1H3. The smallest absolute Gasteiger partial charge is 0.228 e. The topological polar surface area (TPSA) is 56.8 Å². The van der Waals surface area contributed by atoms with Crippen molar-refractivity contribution < 1.29 is 9.59 Å². The van der Waals surface area contributed by atoms with Crippen LogP contribution in [0.25, 0.3) is 0 Å². The summed E-state index contributed by atoms with van der Waals surface area (Å²) in [6, 6.07) is 0. The van der Waals surface area contributed by atoms with Crippen molar-refractivity contribution in [2.45, 2.75) is 6.42 Å². The van der Waals surface area contributed by atoms with Crippen LogP contribution in [0.1, 0.15) is 6.42 Å². The zero-order chi connectivity index (χ0) is 14.1. The number of likely N-dealkylation sites (tertiary alicyclic amines) is 1. The van der Waals surface area contributed by atoms with Crippen LogP contribution in [0.5, 0.6) is 0 Å². The van der Waals surface area contributed by atoms with Gasteiger partial charge in [0.2, 0.25) is 11.8 Å². The number of carbonyl (C=O) groups excluding carboxylic acids is 2. The van der Waals surface area contributed by atoms with Gasteiger partial charge in [0.15, 0.2) is 5.13 Å². The molecule has 7 heteroatoms. The lowest BCUT2D eigenvalue weighted by Crippen LogP contribution is -2.50. The van der Waals surface area contributed by atoms with Crippen molar-refractivity contribution in [1.82, 2.24) is 14.8 Å². The SMILES string of the molecule is CN1CC(C(=O)N2CCN(c3nccs3)CC2)CC1=O. The second-order valence-corrected chi connectivity index (χ2v) is 6.18. The average molecular weight is 294 g/mol. The van der Waals surface area contributed by atoms with Gasteiger partial charge in [-0.25, -0.2) is 4.98 Å². The van der Waals surface area contributed by atoms with Gasteiger partial charge in [-0.05, 0) is 0 Å². The summed E-state index contributed by atoms with van der Waals surface area (Å²) in [5.41, 5.74) is 0. The van der Waals surface area contributed by atoms with Crippen molar-refractivity contribution in [2.24, 2.45) is 5.92 Å². The Kier molecular flexibility index (Phi) is 3.60. The lowest BCUT2D eigenvalue weighted by atomic mass is 10.1. The van der Waals surface area contributed by atoms with Gasteiger partial charge in [-0.1, -0.05) is 0 Å². The molecule has 0 radical (unpaired) electrons. The molecule has 0 aliphatic carbocycles. The molecule has 2 fully saturated rings. The van der Waals surface area contributed by atoms with Gasteiger partial charge in [-0.2, -0.15) is 0 Å². The molecular formula is C13H18N4O2S. The third kappa shape index (κ3) is 2.49. The van der Waals surface area contributed by atoms with Gasteiger partial charge in [-0.15, -0.1) is 11.3 Å². The average Bonchev–Trinajstić information content (AvgIpc) is 3.09. The normalized spacial score (nSPS) is 23.6. The monoisotopic (exact) mass is 294 g/mol. The van der Waals surface area contributed by atoms with Crippen LogP contribution in [0.15, 0.2) is 11.6 Å². The van der Waals surface area contributed by atoms with Crippen LogP contribution in [-0.2, 0) is 9.59 Å². The molecule has 0 N–H and O–H groups in total. The molecule has 1 atom stereocenters. The van der Waals surface area contributed by atoms with Crippen molar-refractivity contribution in [3.05, 3.63) is 11.6 Å². The summed E-state index contributed by atoms with van der Waals surface area (Å²) in [4.78, 5) is 34.0. The maximum Gasteiger partial charge on any atom is 0.228 e. The zero-order valence-corrected chi connectivity index (χ0v) is 12.3. The van der Waals surface area contributed by atoms with E-state index in [1.54, 1.807) is 29.5 Å². The molecule has 20 heavy (non-hydrogen) atoms. The molecule has 1 aromatic heterocycles. The fourth-order valence-corrected chi connectivity index (χ4v) is 3.47. The summed E-state index contributed by atoms with van der Waals surface area (Å²) in [6.45, 7) is 3.62. The molecule has 2 amide bonds. The van der Waals surface area contributed by atoms with E-state index in [1.165, 1.54) is 0 Å². The van der Waals surface area contributed by atoms with Gasteiger partial charge in [0.1, 0.15) is 0 Å². The first-order valence-corrected chi connectivity index (χ1v) is 7.70. The van der Waals surface area contributed by atoms with E-state index in [0.29, 0.717) is 26.1 Å². The third-order valence-corrected chi connectivity index (χ3v) is 4.80. The number of hydrogen-bond donors (Lipinski definition) is 0. The fourth-order valence-electron chi connectivity index (χ4n) is 2.78. The molecule has 2 saturated heterocycles. The Labute approximate surface area is 122 Å². The van der Waals surface area contributed by atoms with Crippen LogP contribution in [0.3, 0.4) is 0 Å². The van der Waals surface area contributed by atoms with Crippen LogP contribution in [0, 0.1) is 5.92 Å². The molecule has 0 spiro atoms. The van der Waals surface area contributed by atoms with E-state index in [0.717, 1.165) is 18.2 Å². The number of nitrogens with zero attached hydrogens (tertiary/aromatic N) is 4. The van der Waals surface area contributed by atoms with Crippen molar-refractivity contribution in [3.8, 4) is 0 Å². The van der Waals surface area contributed by atoms with Crippen molar-refractivity contribution in [3.63, 3.8) is 0 Å². The minimum atomic E-state index is -0.154. The van der Waals surface area contributed by atoms with Gasteiger partial charge >= 0.3 is 0 Å². The predicted molar refractivity (Wildman–Crippen MR) is 76.7 cm³/mol. The fraction of sp³-hybridized carbons (Fsp3) is 0.615. The van der Waals surface area contributed by atoms with Crippen LogP contribution in [0.4, 0.5) is 5.13 Å². The Bertz CT molecular complexity index is 496. The van der Waals surface area contributed by atoms with Crippen molar-refractivity contribution in [1.29, 1.82) is 0 Å². The van der Waals surface area contributed by atoms with Crippen LogP contribution in [-0.4, -0.2) is 66.4 Å². The van der Waals surface area contributed by atoms with Crippen LogP contribution < -0.4 is 4.90 Å². The molecule has 0 aromatic carbocycles. The Morgan fingerprint density at radius 3 is 2.65 bits per heavy atom. The Balaban J connectivity index is 1.56. The minimum Gasteiger partial charge on any atom is -0.345 e. The lowest BCUT2D eigenvalue weighted by Gasteiger charge is -2.35. The molecule has 2 aliphatic heterocycles. The van der Waals surface area contributed by atoms with Gasteiger partial charge in [0, 0.05) is 57.8 Å². The van der Waals surface area contributed by atoms with Gasteiger partial charge in [-0.3, -0.25) is 9.59 Å². The Hall–Kier alpha value is -1.63. The Morgan fingerprint density at radius 2 is 2.10 bits per heavy atom. The summed E-state index contributed by atoms with van der Waals surface area (Å²) in [5, 5.41) is 2.99. The highest BCUT2D eigenvalue weighted by atomic mass is 32.1. The second-order valence-electron chi connectivity index (χ2n) is 5.30. The molecule has 2 aliphatic rings. The van der Waals surface area contributed by atoms with E-state index >= 15 is 0 Å². The summed E-state index contributed by atoms with van der Waals surface area (Å²) in [6.07, 6.45) is 2.17. The van der Waals surface area contributed by atoms with E-state index < -0.39 is 0 Å². The number of piperazine rings is 1. The largest absolute Gasteiger partial charge is 0.345 e. The molecule has 3 heterocycles. The first-order chi connectivity index (χ1) is 9.65. The van der Waals surface area contributed by atoms with E-state index in [4.69, 9.17) is 0 Å². The number of amides is 2. The lowest BCUT2D eigenvalue weighted by molar-refractivity contribution is -0.136. The highest BCUT2D eigenvalue weighted by Crippen LogP contribution is 2.22. The van der Waals surface area contributed by atoms with Crippen LogP contribution >= 0.6 is 11.3 Å². The third-order valence-electron chi connectivity index (χ3n) is 3.97. The number of anilines is 1. The molecule has 1 unspecified atom stereocenters. The number of thiazole rings is 1. The zero-order valence-electron chi connectivity index (χ0n) is 11.5. The Morgan fingerprint density at radius 1 is 1.35 bits per heavy atom. The van der Waals surface area contributed by atoms with E-state index in [-0.39, 0.29) is 17.7 Å². The quantitative estimate of drug-likeness (QED) is 0.786. The summed E-state index contributed by atoms with van der Waals surface area (Å²) in [7, 11) is 1.76. The first-order valence-electron chi connectivity index (χ1n) is 6.82. The van der Waals surface area contributed by atoms with Crippen molar-refractivity contribution >= 4 is 28.3 Å². The summed E-state index contributed by atoms with van der Waals surface area (Å²) < 4.78 is 0. The molecule has 0 bridgehead atoms. The van der Waals surface area contributed by atoms with E-state index in [2.05, 4.69) is 9.88 Å². The van der Waals surface area contributed by atoms with E-state index in [9.17, 15) is 9.59 Å². The predicted octanol–water partition coefficient (Wildman–Crippen LogP) is 0.270. The highest BCUT2D eigenvalue weighted by molar-refractivity contribution is 7.13. The molecule has 0 saturated carbocycles. The number of rotatable bonds is 2. The van der Waals surface area contributed by atoms with E-state index in [1.807, 2.05) is 10.3 Å². The number of aromatic nitrogens is 1. The van der Waals surface area contributed by atoms with Crippen LogP contribution in [0.2, 0.25) is 0 Å². The maximum absolute atomic E-state index is 12.4. The summed E-state index contributed by atoms with van der Waals surface area (Å²) >= 11 is 1.63.